The minimum absolute atomic E-state index is 0.0411. The van der Waals surface area contributed by atoms with Gasteiger partial charge in [0.25, 0.3) is 0 Å². The second kappa shape index (κ2) is 16.9. The first-order valence-corrected chi connectivity index (χ1v) is 12.3. The number of carboxylic acid groups (broad SMARTS) is 1. The number of rotatable bonds is 18. The average Bonchev–Trinajstić information content (AvgIpc) is 3.36. The summed E-state index contributed by atoms with van der Waals surface area (Å²) >= 11 is 0. The Morgan fingerprint density at radius 3 is 2.18 bits per heavy atom. The predicted octanol–water partition coefficient (Wildman–Crippen LogP) is -3.41. The van der Waals surface area contributed by atoms with Gasteiger partial charge in [0.05, 0.1) is 18.1 Å². The Kier molecular flexibility index (Phi) is 14.3. The van der Waals surface area contributed by atoms with E-state index in [2.05, 4.69) is 31.2 Å². The van der Waals surface area contributed by atoms with Crippen molar-refractivity contribution in [2.75, 3.05) is 13.1 Å². The highest BCUT2D eigenvalue weighted by Crippen LogP contribution is 2.06. The third kappa shape index (κ3) is 12.0. The van der Waals surface area contributed by atoms with Crippen LogP contribution in [0.2, 0.25) is 0 Å². The smallest absolute Gasteiger partial charge is 0.326 e. The molecule has 14 N–H and O–H groups in total. The van der Waals surface area contributed by atoms with E-state index >= 15 is 0 Å². The largest absolute Gasteiger partial charge is 0.480 e. The summed E-state index contributed by atoms with van der Waals surface area (Å²) in [4.78, 5) is 57.2. The van der Waals surface area contributed by atoms with Crippen molar-refractivity contribution < 1.29 is 29.4 Å². The van der Waals surface area contributed by atoms with E-state index < -0.39 is 54.0 Å². The molecule has 0 bridgehead atoms. The van der Waals surface area contributed by atoms with E-state index in [4.69, 9.17) is 22.6 Å². The molecule has 0 aliphatic carbocycles. The summed E-state index contributed by atoms with van der Waals surface area (Å²) < 4.78 is 0. The Bertz CT molecular complexity index is 910. The van der Waals surface area contributed by atoms with Gasteiger partial charge in [0.2, 0.25) is 17.7 Å². The highest BCUT2D eigenvalue weighted by atomic mass is 16.4. The van der Waals surface area contributed by atoms with Crippen molar-refractivity contribution >= 4 is 29.7 Å². The molecule has 0 spiro atoms. The minimum atomic E-state index is -1.27. The predicted molar refractivity (Wildman–Crippen MR) is 137 cm³/mol. The number of carbonyl (C=O) groups excluding carboxylic acids is 3. The first-order valence-electron chi connectivity index (χ1n) is 12.3. The fraction of sp³-hybridized carbons (Fsp3) is 0.636. The maximum Gasteiger partial charge on any atom is 0.326 e. The van der Waals surface area contributed by atoms with Gasteiger partial charge < -0.3 is 53.7 Å². The quantitative estimate of drug-likeness (QED) is 0.0495. The van der Waals surface area contributed by atoms with Gasteiger partial charge in [-0.1, -0.05) is 0 Å². The van der Waals surface area contributed by atoms with E-state index in [1.165, 1.54) is 19.4 Å². The lowest BCUT2D eigenvalue weighted by Crippen LogP contribution is -2.58. The number of hydrogen-bond acceptors (Lipinski definition) is 9. The monoisotopic (exact) mass is 540 g/mol. The average molecular weight is 541 g/mol. The van der Waals surface area contributed by atoms with Crippen molar-refractivity contribution in [1.82, 2.24) is 31.2 Å². The van der Waals surface area contributed by atoms with Gasteiger partial charge in [-0.15, -0.1) is 0 Å². The number of amides is 3. The summed E-state index contributed by atoms with van der Waals surface area (Å²) in [6.07, 6.45) is 3.31. The molecule has 3 amide bonds. The molecular weight excluding hydrogens is 500 g/mol. The van der Waals surface area contributed by atoms with Gasteiger partial charge in [0.15, 0.2) is 5.96 Å². The molecule has 0 aromatic carbocycles. The number of H-pyrrole nitrogens is 1. The van der Waals surface area contributed by atoms with Crippen molar-refractivity contribution in [1.29, 1.82) is 5.41 Å². The number of aliphatic hydroxyl groups is 1. The molecule has 0 fully saturated rings. The van der Waals surface area contributed by atoms with Crippen LogP contribution in [0.25, 0.3) is 0 Å². The maximum absolute atomic E-state index is 13.2. The number of guanidine groups is 1. The molecule has 5 atom stereocenters. The fourth-order valence-corrected chi connectivity index (χ4v) is 3.40. The van der Waals surface area contributed by atoms with Crippen LogP contribution in [-0.2, 0) is 25.6 Å². The molecule has 0 aliphatic heterocycles. The molecule has 1 aromatic heterocycles. The van der Waals surface area contributed by atoms with E-state index in [0.717, 1.165) is 0 Å². The topological polar surface area (TPSA) is 287 Å². The molecule has 16 heteroatoms. The highest BCUT2D eigenvalue weighted by Gasteiger charge is 2.31. The van der Waals surface area contributed by atoms with Gasteiger partial charge in [-0.05, 0) is 45.6 Å². The summed E-state index contributed by atoms with van der Waals surface area (Å²) in [7, 11) is 0. The zero-order valence-electron chi connectivity index (χ0n) is 21.4. The first-order chi connectivity index (χ1) is 18.0. The molecule has 0 aliphatic rings. The molecule has 16 nitrogen and oxygen atoms in total. The number of unbranched alkanes of at least 4 members (excludes halogenated alkanes) is 1. The number of aliphatic carboxylic acids is 1. The molecule has 1 heterocycles. The van der Waals surface area contributed by atoms with Crippen LogP contribution < -0.4 is 38.5 Å². The van der Waals surface area contributed by atoms with Crippen molar-refractivity contribution in [2.45, 2.75) is 75.7 Å². The van der Waals surface area contributed by atoms with Gasteiger partial charge in [0.1, 0.15) is 24.2 Å². The Morgan fingerprint density at radius 2 is 1.63 bits per heavy atom. The van der Waals surface area contributed by atoms with Gasteiger partial charge in [0, 0.05) is 19.2 Å². The van der Waals surface area contributed by atoms with E-state index in [9.17, 15) is 29.4 Å². The number of aromatic amines is 1. The van der Waals surface area contributed by atoms with Gasteiger partial charge in [-0.3, -0.25) is 19.8 Å². The molecule has 38 heavy (non-hydrogen) atoms. The SMILES string of the molecule is C[C@@H](O)[C@H](N)C(=O)N[C@@H](CCCCN)C(=O)N[C@@H](Cc1c[nH]cn1)C(=O)N[C@@H](CCCNC(=N)N)C(=O)O. The van der Waals surface area contributed by atoms with Crippen molar-refractivity contribution in [3.63, 3.8) is 0 Å². The van der Waals surface area contributed by atoms with Crippen LogP contribution in [-0.4, -0.2) is 93.2 Å². The van der Waals surface area contributed by atoms with E-state index in [0.29, 0.717) is 31.5 Å². The number of aromatic nitrogens is 2. The van der Waals surface area contributed by atoms with E-state index in [1.807, 2.05) is 0 Å². The van der Waals surface area contributed by atoms with Crippen LogP contribution in [0.4, 0.5) is 0 Å². The van der Waals surface area contributed by atoms with Crippen LogP contribution >= 0.6 is 0 Å². The summed E-state index contributed by atoms with van der Waals surface area (Å²) in [6.45, 7) is 1.95. The molecule has 0 radical (unpaired) electrons. The molecule has 0 unspecified atom stereocenters. The molecule has 1 aromatic rings. The number of nitrogens with one attached hydrogen (secondary N) is 6. The van der Waals surface area contributed by atoms with E-state index in [-0.39, 0.29) is 31.8 Å². The number of hydrogen-bond donors (Lipinski definition) is 11. The van der Waals surface area contributed by atoms with Gasteiger partial charge >= 0.3 is 5.97 Å². The Hall–Kier alpha value is -3.76. The zero-order chi connectivity index (χ0) is 28.7. The maximum atomic E-state index is 13.2. The minimum Gasteiger partial charge on any atom is -0.480 e. The zero-order valence-corrected chi connectivity index (χ0v) is 21.4. The van der Waals surface area contributed by atoms with Crippen LogP contribution in [0.15, 0.2) is 12.5 Å². The number of carbonyl (C=O) groups is 4. The summed E-state index contributed by atoms with van der Waals surface area (Å²) in [5.41, 5.74) is 16.9. The van der Waals surface area contributed by atoms with E-state index in [1.54, 1.807) is 0 Å². The summed E-state index contributed by atoms with van der Waals surface area (Å²) in [6, 6.07) is -4.83. The first kappa shape index (κ1) is 32.3. The van der Waals surface area contributed by atoms with Crippen LogP contribution in [0.3, 0.4) is 0 Å². The number of aliphatic hydroxyl groups excluding tert-OH is 1. The molecule has 214 valence electrons. The van der Waals surface area contributed by atoms with Crippen molar-refractivity contribution in [3.8, 4) is 0 Å². The highest BCUT2D eigenvalue weighted by molar-refractivity contribution is 5.94. The van der Waals surface area contributed by atoms with Crippen LogP contribution in [0.1, 0.15) is 44.7 Å². The molecule has 0 saturated carbocycles. The van der Waals surface area contributed by atoms with Gasteiger partial charge in [-0.25, -0.2) is 9.78 Å². The lowest BCUT2D eigenvalue weighted by atomic mass is 10.0. The summed E-state index contributed by atoms with van der Waals surface area (Å²) in [5, 5.41) is 36.4. The van der Waals surface area contributed by atoms with Gasteiger partial charge in [-0.2, -0.15) is 0 Å². The number of nitrogens with two attached hydrogens (primary N) is 3. The standard InChI is InChI=1S/C22H40N10O6/c1-12(33)17(24)20(36)30-14(5-2-3-7-23)18(34)32-16(9-13-10-27-11-29-13)19(35)31-15(21(37)38)6-4-8-28-22(25)26/h10-12,14-17,33H,2-9,23-24H2,1H3,(H,27,29)(H,30,36)(H,31,35)(H,32,34)(H,37,38)(H4,25,26,28)/t12-,14+,15+,16+,17+/m1/s1. The molecular formula is C22H40N10O6. The van der Waals surface area contributed by atoms with Crippen molar-refractivity contribution in [2.24, 2.45) is 17.2 Å². The summed E-state index contributed by atoms with van der Waals surface area (Å²) in [5.74, 6) is -3.73. The second-order valence-electron chi connectivity index (χ2n) is 8.82. The Balaban J connectivity index is 3.02. The Morgan fingerprint density at radius 1 is 1.03 bits per heavy atom. The third-order valence-electron chi connectivity index (χ3n) is 5.60. The lowest BCUT2D eigenvalue weighted by Gasteiger charge is -2.25. The molecule has 0 saturated heterocycles. The Labute approximate surface area is 220 Å². The number of nitrogens with zero attached hydrogens (tertiary/aromatic N) is 1. The normalized spacial score (nSPS) is 14.8. The van der Waals surface area contributed by atoms with Crippen LogP contribution in [0, 0.1) is 5.41 Å². The third-order valence-corrected chi connectivity index (χ3v) is 5.60. The number of carboxylic acids is 1. The molecule has 1 rings (SSSR count). The second-order valence-corrected chi connectivity index (χ2v) is 8.82. The number of imidazole rings is 1. The fourth-order valence-electron chi connectivity index (χ4n) is 3.40. The van der Waals surface area contributed by atoms with Crippen molar-refractivity contribution in [3.05, 3.63) is 18.2 Å². The lowest BCUT2D eigenvalue weighted by molar-refractivity contribution is -0.142. The van der Waals surface area contributed by atoms with Crippen LogP contribution in [0.5, 0.6) is 0 Å².